The highest BCUT2D eigenvalue weighted by molar-refractivity contribution is 5.46. The van der Waals surface area contributed by atoms with Crippen LogP contribution < -0.4 is 9.47 Å². The van der Waals surface area contributed by atoms with E-state index in [1.165, 1.54) is 0 Å². The van der Waals surface area contributed by atoms with Crippen LogP contribution in [-0.2, 0) is 0 Å². The van der Waals surface area contributed by atoms with Crippen LogP contribution in [0.25, 0.3) is 0 Å². The van der Waals surface area contributed by atoms with E-state index in [1.807, 2.05) is 48.5 Å². The van der Waals surface area contributed by atoms with Gasteiger partial charge in [-0.2, -0.15) is 10.2 Å². The summed E-state index contributed by atoms with van der Waals surface area (Å²) in [5.41, 5.74) is 1.49. The number of rotatable bonds is 4. The Morgan fingerprint density at radius 2 is 1.17 bits per heavy atom. The largest absolute Gasteiger partial charge is 0.497 e. The molecule has 0 aliphatic rings. The van der Waals surface area contributed by atoms with Crippen LogP contribution in [0, 0.1) is 0 Å². The second-order valence-corrected chi connectivity index (χ2v) is 3.60. The lowest BCUT2D eigenvalue weighted by atomic mass is 10.3. The van der Waals surface area contributed by atoms with Gasteiger partial charge < -0.3 is 9.47 Å². The van der Waals surface area contributed by atoms with Crippen molar-refractivity contribution in [3.63, 3.8) is 0 Å². The zero-order valence-corrected chi connectivity index (χ0v) is 10.3. The zero-order chi connectivity index (χ0) is 12.8. The molecule has 92 valence electrons. The summed E-state index contributed by atoms with van der Waals surface area (Å²) in [6.45, 7) is 0. The highest BCUT2D eigenvalue weighted by Crippen LogP contribution is 2.24. The molecule has 0 amide bonds. The van der Waals surface area contributed by atoms with Gasteiger partial charge in [0.05, 0.1) is 25.6 Å². The molecule has 4 nitrogen and oxygen atoms in total. The van der Waals surface area contributed by atoms with Gasteiger partial charge in [-0.25, -0.2) is 0 Å². The van der Waals surface area contributed by atoms with E-state index < -0.39 is 0 Å². The third-order valence-corrected chi connectivity index (χ3v) is 2.39. The first-order chi connectivity index (χ1) is 8.81. The average molecular weight is 242 g/mol. The normalized spacial score (nSPS) is 10.6. The number of ether oxygens (including phenoxy) is 2. The molecular formula is C14H14N2O2. The maximum atomic E-state index is 5.12. The van der Waals surface area contributed by atoms with E-state index in [-0.39, 0.29) is 0 Å². The summed E-state index contributed by atoms with van der Waals surface area (Å²) in [5, 5.41) is 8.30. The van der Waals surface area contributed by atoms with E-state index in [0.717, 1.165) is 22.9 Å². The molecule has 2 aromatic carbocycles. The molecule has 0 saturated carbocycles. The van der Waals surface area contributed by atoms with Gasteiger partial charge in [-0.3, -0.25) is 0 Å². The fourth-order valence-electron chi connectivity index (χ4n) is 1.46. The number of benzene rings is 2. The summed E-state index contributed by atoms with van der Waals surface area (Å²) in [7, 11) is 3.25. The molecule has 2 rings (SSSR count). The minimum Gasteiger partial charge on any atom is -0.497 e. The van der Waals surface area contributed by atoms with E-state index >= 15 is 0 Å². The predicted molar refractivity (Wildman–Crippen MR) is 70.2 cm³/mol. The molecular weight excluding hydrogens is 228 g/mol. The fourth-order valence-corrected chi connectivity index (χ4v) is 1.46. The number of methoxy groups -OCH3 is 2. The van der Waals surface area contributed by atoms with Gasteiger partial charge in [-0.1, -0.05) is 12.1 Å². The van der Waals surface area contributed by atoms with Gasteiger partial charge in [-0.05, 0) is 24.3 Å². The van der Waals surface area contributed by atoms with Crippen LogP contribution >= 0.6 is 0 Å². The van der Waals surface area contributed by atoms with Crippen molar-refractivity contribution in [1.82, 2.24) is 0 Å². The summed E-state index contributed by atoms with van der Waals surface area (Å²) in [4.78, 5) is 0. The molecule has 0 bridgehead atoms. The Morgan fingerprint density at radius 1 is 0.722 bits per heavy atom. The molecule has 0 aliphatic carbocycles. The molecule has 0 radical (unpaired) electrons. The Labute approximate surface area is 106 Å². The summed E-state index contributed by atoms with van der Waals surface area (Å²) in [5.74, 6) is 1.52. The second kappa shape index (κ2) is 5.82. The van der Waals surface area contributed by atoms with Crippen molar-refractivity contribution in [2.75, 3.05) is 14.2 Å². The Hall–Kier alpha value is -2.36. The van der Waals surface area contributed by atoms with E-state index in [2.05, 4.69) is 10.2 Å². The van der Waals surface area contributed by atoms with Crippen molar-refractivity contribution >= 4 is 11.4 Å². The van der Waals surface area contributed by atoms with Gasteiger partial charge in [0.15, 0.2) is 0 Å². The van der Waals surface area contributed by atoms with Crippen LogP contribution in [0.5, 0.6) is 11.5 Å². The average Bonchev–Trinajstić information content (AvgIpc) is 2.45. The standard InChI is InChI=1S/C14H14N2O2/c1-17-13-7-3-5-11(9-13)15-16-12-6-4-8-14(10-12)18-2/h3-10H,1-2H3. The van der Waals surface area contributed by atoms with E-state index in [1.54, 1.807) is 14.2 Å². The minimum absolute atomic E-state index is 0.747. The Kier molecular flexibility index (Phi) is 3.91. The van der Waals surface area contributed by atoms with Crippen LogP contribution in [0.15, 0.2) is 58.8 Å². The van der Waals surface area contributed by atoms with Crippen molar-refractivity contribution in [2.45, 2.75) is 0 Å². The van der Waals surface area contributed by atoms with Crippen molar-refractivity contribution in [1.29, 1.82) is 0 Å². The lowest BCUT2D eigenvalue weighted by Crippen LogP contribution is -1.80. The van der Waals surface area contributed by atoms with Gasteiger partial charge in [0, 0.05) is 12.1 Å². The maximum Gasteiger partial charge on any atom is 0.121 e. The lowest BCUT2D eigenvalue weighted by Gasteiger charge is -2.00. The summed E-state index contributed by atoms with van der Waals surface area (Å²) in [6.07, 6.45) is 0. The number of azo groups is 1. The van der Waals surface area contributed by atoms with Gasteiger partial charge in [0.25, 0.3) is 0 Å². The van der Waals surface area contributed by atoms with Gasteiger partial charge in [0.2, 0.25) is 0 Å². The SMILES string of the molecule is COc1cccc(N=Nc2cccc(OC)c2)c1. The van der Waals surface area contributed by atoms with Crippen LogP contribution in [-0.4, -0.2) is 14.2 Å². The first kappa shape index (κ1) is 12.1. The first-order valence-electron chi connectivity index (χ1n) is 5.51. The highest BCUT2D eigenvalue weighted by Gasteiger charge is 1.95. The summed E-state index contributed by atoms with van der Waals surface area (Å²) >= 11 is 0. The quantitative estimate of drug-likeness (QED) is 0.757. The fraction of sp³-hybridized carbons (Fsp3) is 0.143. The number of nitrogens with zero attached hydrogens (tertiary/aromatic N) is 2. The molecule has 0 unspecified atom stereocenters. The maximum absolute atomic E-state index is 5.12. The van der Waals surface area contributed by atoms with Crippen molar-refractivity contribution in [3.05, 3.63) is 48.5 Å². The molecule has 4 heteroatoms. The monoisotopic (exact) mass is 242 g/mol. The first-order valence-corrected chi connectivity index (χ1v) is 5.51. The minimum atomic E-state index is 0.747. The predicted octanol–water partition coefficient (Wildman–Crippen LogP) is 4.12. The molecule has 0 fully saturated rings. The van der Waals surface area contributed by atoms with Crippen molar-refractivity contribution < 1.29 is 9.47 Å². The molecule has 0 atom stereocenters. The van der Waals surface area contributed by atoms with E-state index in [9.17, 15) is 0 Å². The van der Waals surface area contributed by atoms with Crippen molar-refractivity contribution in [2.24, 2.45) is 10.2 Å². The molecule has 0 N–H and O–H groups in total. The third-order valence-electron chi connectivity index (χ3n) is 2.39. The Balaban J connectivity index is 2.18. The Morgan fingerprint density at radius 3 is 1.56 bits per heavy atom. The molecule has 0 aliphatic heterocycles. The summed E-state index contributed by atoms with van der Waals surface area (Å²) in [6, 6.07) is 14.9. The zero-order valence-electron chi connectivity index (χ0n) is 10.3. The molecule has 0 spiro atoms. The molecule has 0 heterocycles. The molecule has 0 aromatic heterocycles. The van der Waals surface area contributed by atoms with Crippen LogP contribution in [0.1, 0.15) is 0 Å². The van der Waals surface area contributed by atoms with Crippen LogP contribution in [0.2, 0.25) is 0 Å². The smallest absolute Gasteiger partial charge is 0.121 e. The number of hydrogen-bond acceptors (Lipinski definition) is 4. The lowest BCUT2D eigenvalue weighted by molar-refractivity contribution is 0.414. The molecule has 18 heavy (non-hydrogen) atoms. The molecule has 2 aromatic rings. The van der Waals surface area contributed by atoms with Crippen LogP contribution in [0.3, 0.4) is 0 Å². The highest BCUT2D eigenvalue weighted by atomic mass is 16.5. The van der Waals surface area contributed by atoms with Gasteiger partial charge in [0.1, 0.15) is 11.5 Å². The van der Waals surface area contributed by atoms with E-state index in [4.69, 9.17) is 9.47 Å². The number of hydrogen-bond donors (Lipinski definition) is 0. The second-order valence-electron chi connectivity index (χ2n) is 3.60. The van der Waals surface area contributed by atoms with Crippen molar-refractivity contribution in [3.8, 4) is 11.5 Å². The summed E-state index contributed by atoms with van der Waals surface area (Å²) < 4.78 is 10.2. The van der Waals surface area contributed by atoms with Gasteiger partial charge >= 0.3 is 0 Å². The topological polar surface area (TPSA) is 43.2 Å². The third kappa shape index (κ3) is 3.07. The van der Waals surface area contributed by atoms with Crippen LogP contribution in [0.4, 0.5) is 11.4 Å². The molecule has 0 saturated heterocycles. The van der Waals surface area contributed by atoms with Gasteiger partial charge in [-0.15, -0.1) is 0 Å². The van der Waals surface area contributed by atoms with E-state index in [0.29, 0.717) is 0 Å². The Bertz CT molecular complexity index is 503.